The van der Waals surface area contributed by atoms with Crippen LogP contribution in [0.1, 0.15) is 6.42 Å². The summed E-state index contributed by atoms with van der Waals surface area (Å²) in [6.07, 6.45) is 5.04. The lowest BCUT2D eigenvalue weighted by Crippen LogP contribution is -2.41. The van der Waals surface area contributed by atoms with Crippen LogP contribution in [0.5, 0.6) is 0 Å². The quantitative estimate of drug-likeness (QED) is 0.932. The van der Waals surface area contributed by atoms with Gasteiger partial charge in [-0.2, -0.15) is 0 Å². The van der Waals surface area contributed by atoms with E-state index in [1.54, 1.807) is 18.3 Å². The molecule has 6 nitrogen and oxygen atoms in total. The normalized spacial score (nSPS) is 20.9. The number of rotatable bonds is 3. The molecule has 0 radical (unpaired) electrons. The highest BCUT2D eigenvalue weighted by atomic mass is 19.1. The van der Waals surface area contributed by atoms with Crippen molar-refractivity contribution in [2.24, 2.45) is 0 Å². The minimum absolute atomic E-state index is 0.0137. The first kappa shape index (κ1) is 14.3. The van der Waals surface area contributed by atoms with Gasteiger partial charge in [-0.3, -0.25) is 9.78 Å². The van der Waals surface area contributed by atoms with Gasteiger partial charge in [-0.1, -0.05) is 0 Å². The highest BCUT2D eigenvalue weighted by Gasteiger charge is 2.46. The molecule has 0 saturated carbocycles. The van der Waals surface area contributed by atoms with Gasteiger partial charge >= 0.3 is 0 Å². The van der Waals surface area contributed by atoms with Crippen molar-refractivity contribution < 1.29 is 13.6 Å². The van der Waals surface area contributed by atoms with Crippen molar-refractivity contribution in [1.82, 2.24) is 15.0 Å². The zero-order valence-corrected chi connectivity index (χ0v) is 11.5. The van der Waals surface area contributed by atoms with Crippen molar-refractivity contribution in [3.8, 4) is 0 Å². The Bertz CT molecular complexity index is 667. The van der Waals surface area contributed by atoms with Crippen LogP contribution in [0, 0.1) is 5.82 Å². The summed E-state index contributed by atoms with van der Waals surface area (Å²) in [5.74, 6) is -1.09. The van der Waals surface area contributed by atoms with Crippen LogP contribution in [0.3, 0.4) is 0 Å². The zero-order valence-electron chi connectivity index (χ0n) is 11.5. The minimum Gasteiger partial charge on any atom is -0.337 e. The molecule has 0 bridgehead atoms. The number of nitrogens with zero attached hydrogens (tertiary/aromatic N) is 4. The van der Waals surface area contributed by atoms with E-state index >= 15 is 0 Å². The average molecular weight is 305 g/mol. The summed E-state index contributed by atoms with van der Waals surface area (Å²) in [6, 6.07) is 3.28. The van der Waals surface area contributed by atoms with Gasteiger partial charge in [-0.05, 0) is 12.1 Å². The van der Waals surface area contributed by atoms with Crippen molar-refractivity contribution in [2.45, 2.75) is 12.1 Å². The summed E-state index contributed by atoms with van der Waals surface area (Å²) >= 11 is 0. The van der Waals surface area contributed by atoms with E-state index in [0.717, 1.165) is 12.4 Å². The fourth-order valence-electron chi connectivity index (χ4n) is 2.28. The van der Waals surface area contributed by atoms with Gasteiger partial charge in [0.05, 0.1) is 30.8 Å². The van der Waals surface area contributed by atoms with Gasteiger partial charge in [0, 0.05) is 19.2 Å². The third-order valence-corrected chi connectivity index (χ3v) is 3.44. The molecule has 1 N–H and O–H groups in total. The summed E-state index contributed by atoms with van der Waals surface area (Å²) in [5.41, 5.74) is -1.62. The fourth-order valence-corrected chi connectivity index (χ4v) is 2.28. The Kier molecular flexibility index (Phi) is 3.66. The highest BCUT2D eigenvalue weighted by molar-refractivity contribution is 5.98. The maximum Gasteiger partial charge on any atom is 0.264 e. The Balaban J connectivity index is 1.69. The van der Waals surface area contributed by atoms with E-state index in [1.165, 1.54) is 11.1 Å². The van der Waals surface area contributed by atoms with Crippen molar-refractivity contribution >= 4 is 17.5 Å². The van der Waals surface area contributed by atoms with Gasteiger partial charge in [0.2, 0.25) is 11.6 Å². The summed E-state index contributed by atoms with van der Waals surface area (Å²) in [5, 5.41) is 2.50. The van der Waals surface area contributed by atoms with Gasteiger partial charge in [0.25, 0.3) is 5.91 Å². The number of carbonyl (C=O) groups excluding carboxylic acids is 1. The Morgan fingerprint density at radius 2 is 2.09 bits per heavy atom. The molecule has 0 aromatic carbocycles. The first-order chi connectivity index (χ1) is 10.6. The molecule has 2 aromatic heterocycles. The summed E-state index contributed by atoms with van der Waals surface area (Å²) in [7, 11) is 0. The molecule has 0 spiro atoms. The molecule has 1 amide bonds. The summed E-state index contributed by atoms with van der Waals surface area (Å²) < 4.78 is 27.6. The predicted molar refractivity (Wildman–Crippen MR) is 75.5 cm³/mol. The number of hydrogen-bond donors (Lipinski definition) is 1. The van der Waals surface area contributed by atoms with Crippen LogP contribution in [0.4, 0.5) is 20.4 Å². The number of amides is 1. The van der Waals surface area contributed by atoms with Gasteiger partial charge in [0.15, 0.2) is 5.82 Å². The number of alkyl halides is 1. The first-order valence-corrected chi connectivity index (χ1v) is 6.70. The molecular formula is C14H13F2N5O. The molecule has 1 saturated heterocycles. The van der Waals surface area contributed by atoms with Crippen LogP contribution in [0.25, 0.3) is 0 Å². The van der Waals surface area contributed by atoms with Crippen LogP contribution in [0.15, 0.2) is 36.9 Å². The first-order valence-electron chi connectivity index (χ1n) is 6.70. The monoisotopic (exact) mass is 305 g/mol. The highest BCUT2D eigenvalue weighted by Crippen LogP contribution is 2.29. The molecule has 0 aliphatic carbocycles. The Morgan fingerprint density at radius 3 is 2.77 bits per heavy atom. The third-order valence-electron chi connectivity index (χ3n) is 3.44. The zero-order chi connectivity index (χ0) is 15.6. The van der Waals surface area contributed by atoms with Crippen molar-refractivity contribution in [2.75, 3.05) is 23.3 Å². The minimum atomic E-state index is -2.05. The average Bonchev–Trinajstić information content (AvgIpc) is 2.93. The van der Waals surface area contributed by atoms with Crippen LogP contribution in [-0.2, 0) is 4.79 Å². The van der Waals surface area contributed by atoms with Crippen molar-refractivity contribution in [1.29, 1.82) is 0 Å². The van der Waals surface area contributed by atoms with Gasteiger partial charge in [0.1, 0.15) is 0 Å². The molecule has 2 aromatic rings. The van der Waals surface area contributed by atoms with E-state index in [-0.39, 0.29) is 25.5 Å². The van der Waals surface area contributed by atoms with E-state index in [4.69, 9.17) is 0 Å². The number of aromatic nitrogens is 3. The van der Waals surface area contributed by atoms with E-state index in [9.17, 15) is 13.6 Å². The molecule has 8 heteroatoms. The van der Waals surface area contributed by atoms with Gasteiger partial charge < -0.3 is 10.2 Å². The number of nitrogens with one attached hydrogen (secondary N) is 1. The topological polar surface area (TPSA) is 71.0 Å². The van der Waals surface area contributed by atoms with E-state index < -0.39 is 17.4 Å². The molecular weight excluding hydrogens is 292 g/mol. The second kappa shape index (κ2) is 5.63. The van der Waals surface area contributed by atoms with Crippen LogP contribution in [-0.4, -0.2) is 39.6 Å². The molecule has 3 heterocycles. The summed E-state index contributed by atoms with van der Waals surface area (Å²) in [6.45, 7) is 0.104. The lowest BCUT2D eigenvalue weighted by atomic mass is 10.0. The largest absolute Gasteiger partial charge is 0.337 e. The Hall–Kier alpha value is -2.64. The number of carbonyl (C=O) groups is 1. The standard InChI is InChI=1S/C14H13F2N5O/c15-10-6-18-13(19-7-10)21-5-3-14(16,9-21)12(22)20-11-2-1-4-17-8-11/h1-2,4,6-8H,3,5,9H2,(H,20,22). The molecule has 3 rings (SSSR count). The van der Waals surface area contributed by atoms with E-state index in [1.807, 2.05) is 0 Å². The molecule has 1 aliphatic rings. The predicted octanol–water partition coefficient (Wildman–Crippen LogP) is 1.57. The van der Waals surface area contributed by atoms with E-state index in [2.05, 4.69) is 20.3 Å². The Labute approximate surface area is 125 Å². The molecule has 1 fully saturated rings. The molecule has 114 valence electrons. The smallest absolute Gasteiger partial charge is 0.264 e. The van der Waals surface area contributed by atoms with Crippen LogP contribution in [0.2, 0.25) is 0 Å². The lowest BCUT2D eigenvalue weighted by Gasteiger charge is -2.20. The second-order valence-electron chi connectivity index (χ2n) is 5.03. The number of halogens is 2. The van der Waals surface area contributed by atoms with Gasteiger partial charge in [-0.15, -0.1) is 0 Å². The fraction of sp³-hybridized carbons (Fsp3) is 0.286. The molecule has 22 heavy (non-hydrogen) atoms. The Morgan fingerprint density at radius 1 is 1.32 bits per heavy atom. The van der Waals surface area contributed by atoms with Crippen LogP contribution < -0.4 is 10.2 Å². The molecule has 1 aliphatic heterocycles. The number of pyridine rings is 1. The van der Waals surface area contributed by atoms with Crippen molar-refractivity contribution in [3.63, 3.8) is 0 Å². The SMILES string of the molecule is O=C(Nc1cccnc1)C1(F)CCN(c2ncc(F)cn2)C1. The molecule has 1 atom stereocenters. The van der Waals surface area contributed by atoms with Crippen molar-refractivity contribution in [3.05, 3.63) is 42.7 Å². The maximum atomic E-state index is 14.8. The number of hydrogen-bond acceptors (Lipinski definition) is 5. The van der Waals surface area contributed by atoms with E-state index in [0.29, 0.717) is 5.69 Å². The maximum absolute atomic E-state index is 14.8. The molecule has 1 unspecified atom stereocenters. The van der Waals surface area contributed by atoms with Gasteiger partial charge in [-0.25, -0.2) is 18.7 Å². The number of anilines is 2. The third kappa shape index (κ3) is 2.85. The summed E-state index contributed by atoms with van der Waals surface area (Å²) in [4.78, 5) is 25.1. The lowest BCUT2D eigenvalue weighted by molar-refractivity contribution is -0.126. The van der Waals surface area contributed by atoms with Crippen LogP contribution >= 0.6 is 0 Å². The second-order valence-corrected chi connectivity index (χ2v) is 5.03.